The number of rotatable bonds is 6. The summed E-state index contributed by atoms with van der Waals surface area (Å²) in [6.45, 7) is 3.22. The van der Waals surface area contributed by atoms with Crippen LogP contribution in [0.3, 0.4) is 0 Å². The van der Waals surface area contributed by atoms with Crippen molar-refractivity contribution in [2.75, 3.05) is 23.3 Å². The van der Waals surface area contributed by atoms with Crippen LogP contribution in [-0.2, 0) is 11.2 Å². The third-order valence-corrected chi connectivity index (χ3v) is 5.03. The molecule has 0 aliphatic carbocycles. The van der Waals surface area contributed by atoms with Crippen molar-refractivity contribution in [3.63, 3.8) is 0 Å². The largest absolute Gasteiger partial charge is 0.444 e. The lowest BCUT2D eigenvalue weighted by Gasteiger charge is -2.16. The first-order chi connectivity index (χ1) is 14.6. The van der Waals surface area contributed by atoms with E-state index < -0.39 is 0 Å². The minimum absolute atomic E-state index is 0.145. The summed E-state index contributed by atoms with van der Waals surface area (Å²) in [5, 5.41) is 5.61. The number of carbonyl (C=O) groups excluding carboxylic acids is 2. The fourth-order valence-electron chi connectivity index (χ4n) is 3.38. The number of aromatic nitrogens is 1. The Morgan fingerprint density at radius 2 is 1.90 bits per heavy atom. The Balaban J connectivity index is 1.24. The highest BCUT2D eigenvalue weighted by Crippen LogP contribution is 2.23. The predicted octanol–water partition coefficient (Wildman–Crippen LogP) is 4.14. The van der Waals surface area contributed by atoms with E-state index in [0.717, 1.165) is 29.9 Å². The number of urea groups is 1. The normalized spacial score (nSPS) is 13.5. The Morgan fingerprint density at radius 1 is 1.13 bits per heavy atom. The average Bonchev–Trinajstić information content (AvgIpc) is 3.38. The Kier molecular flexibility index (Phi) is 5.79. The molecule has 2 aromatic carbocycles. The van der Waals surface area contributed by atoms with E-state index in [9.17, 15) is 9.59 Å². The molecule has 3 aromatic rings. The number of oxazole rings is 1. The van der Waals surface area contributed by atoms with Crippen LogP contribution in [0, 0.1) is 6.92 Å². The van der Waals surface area contributed by atoms with Gasteiger partial charge in [-0.2, -0.15) is 0 Å². The first-order valence-electron chi connectivity index (χ1n) is 10.1. The van der Waals surface area contributed by atoms with E-state index in [4.69, 9.17) is 4.42 Å². The second-order valence-corrected chi connectivity index (χ2v) is 7.34. The maximum atomic E-state index is 12.1. The molecule has 0 atom stereocenters. The smallest absolute Gasteiger partial charge is 0.319 e. The van der Waals surface area contributed by atoms with Crippen LogP contribution in [-0.4, -0.2) is 30.0 Å². The molecule has 7 nitrogen and oxygen atoms in total. The van der Waals surface area contributed by atoms with Crippen LogP contribution in [0.4, 0.5) is 16.2 Å². The van der Waals surface area contributed by atoms with Crippen molar-refractivity contribution in [2.24, 2.45) is 0 Å². The maximum Gasteiger partial charge on any atom is 0.319 e. The van der Waals surface area contributed by atoms with Gasteiger partial charge >= 0.3 is 6.03 Å². The van der Waals surface area contributed by atoms with Crippen molar-refractivity contribution in [1.82, 2.24) is 10.3 Å². The lowest BCUT2D eigenvalue weighted by Crippen LogP contribution is -2.30. The summed E-state index contributed by atoms with van der Waals surface area (Å²) in [5.41, 5.74) is 4.42. The number of benzene rings is 2. The van der Waals surface area contributed by atoms with E-state index >= 15 is 0 Å². The van der Waals surface area contributed by atoms with Crippen molar-refractivity contribution in [2.45, 2.75) is 26.2 Å². The lowest BCUT2D eigenvalue weighted by atomic mass is 10.1. The van der Waals surface area contributed by atoms with Gasteiger partial charge < -0.3 is 20.0 Å². The molecule has 1 aliphatic rings. The van der Waals surface area contributed by atoms with Crippen LogP contribution in [0.15, 0.2) is 59.2 Å². The summed E-state index contributed by atoms with van der Waals surface area (Å²) >= 11 is 0. The van der Waals surface area contributed by atoms with Gasteiger partial charge in [0.2, 0.25) is 11.8 Å². The topological polar surface area (TPSA) is 87.5 Å². The second-order valence-electron chi connectivity index (χ2n) is 7.34. The van der Waals surface area contributed by atoms with Gasteiger partial charge in [0.05, 0.1) is 5.69 Å². The van der Waals surface area contributed by atoms with Gasteiger partial charge in [-0.3, -0.25) is 4.79 Å². The predicted molar refractivity (Wildman–Crippen MR) is 115 cm³/mol. The fraction of sp³-hybridized carbons (Fsp3) is 0.261. The Bertz CT molecular complexity index is 1030. The summed E-state index contributed by atoms with van der Waals surface area (Å²) < 4.78 is 5.54. The van der Waals surface area contributed by atoms with Crippen molar-refractivity contribution in [3.8, 4) is 11.5 Å². The highest BCUT2D eigenvalue weighted by Gasteiger charge is 2.21. The van der Waals surface area contributed by atoms with Crippen molar-refractivity contribution < 1.29 is 14.0 Å². The van der Waals surface area contributed by atoms with Gasteiger partial charge in [-0.15, -0.1) is 0 Å². The Hall–Kier alpha value is -3.61. The van der Waals surface area contributed by atoms with Gasteiger partial charge in [0, 0.05) is 42.9 Å². The van der Waals surface area contributed by atoms with Crippen LogP contribution in [0.1, 0.15) is 24.1 Å². The van der Waals surface area contributed by atoms with Crippen LogP contribution in [0.25, 0.3) is 11.5 Å². The summed E-state index contributed by atoms with van der Waals surface area (Å²) in [6.07, 6.45) is 3.67. The van der Waals surface area contributed by atoms with Crippen LogP contribution >= 0.6 is 0 Å². The number of anilines is 2. The molecule has 1 fully saturated rings. The molecule has 1 aromatic heterocycles. The highest BCUT2D eigenvalue weighted by atomic mass is 16.3. The van der Waals surface area contributed by atoms with E-state index in [-0.39, 0.29) is 11.9 Å². The van der Waals surface area contributed by atoms with Gasteiger partial charge in [0.1, 0.15) is 6.26 Å². The Labute approximate surface area is 175 Å². The highest BCUT2D eigenvalue weighted by molar-refractivity contribution is 5.96. The van der Waals surface area contributed by atoms with Crippen molar-refractivity contribution in [1.29, 1.82) is 0 Å². The number of aryl methyl sites for hydroxylation is 1. The number of nitrogens with zero attached hydrogens (tertiary/aromatic N) is 2. The molecule has 1 aliphatic heterocycles. The van der Waals surface area contributed by atoms with Crippen LogP contribution < -0.4 is 15.5 Å². The molecule has 2 heterocycles. The van der Waals surface area contributed by atoms with E-state index in [0.29, 0.717) is 31.0 Å². The third kappa shape index (κ3) is 4.68. The number of hydrogen-bond donors (Lipinski definition) is 2. The molecule has 154 valence electrons. The first-order valence-corrected chi connectivity index (χ1v) is 10.1. The number of nitrogens with one attached hydrogen (secondary N) is 2. The van der Waals surface area contributed by atoms with Gasteiger partial charge in [0.15, 0.2) is 0 Å². The number of carbonyl (C=O) groups is 2. The maximum absolute atomic E-state index is 12.1. The minimum atomic E-state index is -0.290. The van der Waals surface area contributed by atoms with Crippen molar-refractivity contribution >= 4 is 23.3 Å². The lowest BCUT2D eigenvalue weighted by molar-refractivity contribution is -0.117. The molecule has 3 amide bonds. The van der Waals surface area contributed by atoms with E-state index in [2.05, 4.69) is 15.6 Å². The van der Waals surface area contributed by atoms with E-state index in [1.807, 2.05) is 43.3 Å². The van der Waals surface area contributed by atoms with Gasteiger partial charge in [-0.25, -0.2) is 9.78 Å². The standard InChI is InChI=1S/C23H24N4O3/c1-16-4-6-17(7-5-16)22-25-19(15-30-22)12-13-24-23(29)26-18-8-10-20(11-9-18)27-14-2-3-21(27)28/h4-11,15H,2-3,12-14H2,1H3,(H2,24,26,29). The zero-order valence-electron chi connectivity index (χ0n) is 16.9. The average molecular weight is 404 g/mol. The number of amides is 3. The minimum Gasteiger partial charge on any atom is -0.444 e. The van der Waals surface area contributed by atoms with Crippen LogP contribution in [0.5, 0.6) is 0 Å². The number of hydrogen-bond acceptors (Lipinski definition) is 4. The SMILES string of the molecule is Cc1ccc(-c2nc(CCNC(=O)Nc3ccc(N4CCCC4=O)cc3)co2)cc1. The molecule has 0 spiro atoms. The molecule has 7 heteroatoms. The summed E-state index contributed by atoms with van der Waals surface area (Å²) in [6, 6.07) is 15.0. The molecule has 0 radical (unpaired) electrons. The molecule has 2 N–H and O–H groups in total. The van der Waals surface area contributed by atoms with Gasteiger partial charge in [0.25, 0.3) is 0 Å². The quantitative estimate of drug-likeness (QED) is 0.646. The third-order valence-electron chi connectivity index (χ3n) is 5.03. The zero-order valence-corrected chi connectivity index (χ0v) is 16.9. The zero-order chi connectivity index (χ0) is 20.9. The first kappa shape index (κ1) is 19.7. The molecule has 0 unspecified atom stereocenters. The molecule has 4 rings (SSSR count). The van der Waals surface area contributed by atoms with Gasteiger partial charge in [-0.1, -0.05) is 17.7 Å². The monoisotopic (exact) mass is 404 g/mol. The summed E-state index contributed by atoms with van der Waals surface area (Å²) in [4.78, 5) is 30.2. The second kappa shape index (κ2) is 8.82. The fourth-order valence-corrected chi connectivity index (χ4v) is 3.38. The molecular formula is C23H24N4O3. The molecular weight excluding hydrogens is 380 g/mol. The summed E-state index contributed by atoms with van der Waals surface area (Å²) in [5.74, 6) is 0.720. The molecule has 1 saturated heterocycles. The van der Waals surface area contributed by atoms with Gasteiger partial charge in [-0.05, 0) is 49.7 Å². The molecule has 30 heavy (non-hydrogen) atoms. The van der Waals surface area contributed by atoms with Crippen molar-refractivity contribution in [3.05, 3.63) is 66.1 Å². The Morgan fingerprint density at radius 3 is 2.60 bits per heavy atom. The summed E-state index contributed by atoms with van der Waals surface area (Å²) in [7, 11) is 0. The van der Waals surface area contributed by atoms with Crippen LogP contribution in [0.2, 0.25) is 0 Å². The van der Waals surface area contributed by atoms with E-state index in [1.165, 1.54) is 5.56 Å². The molecule has 0 saturated carbocycles. The molecule has 0 bridgehead atoms. The van der Waals surface area contributed by atoms with E-state index in [1.54, 1.807) is 23.3 Å².